The Morgan fingerprint density at radius 1 is 1.07 bits per heavy atom. The molecule has 4 aromatic rings. The van der Waals surface area contributed by atoms with Crippen molar-refractivity contribution in [2.24, 2.45) is 5.92 Å². The van der Waals surface area contributed by atoms with Crippen LogP contribution in [0.2, 0.25) is 0 Å². The van der Waals surface area contributed by atoms with Crippen molar-refractivity contribution in [3.63, 3.8) is 0 Å². The molecule has 2 N–H and O–H groups in total. The van der Waals surface area contributed by atoms with E-state index in [1.54, 1.807) is 44.4 Å². The minimum Gasteiger partial charge on any atom is -0.496 e. The molecule has 8 nitrogen and oxygen atoms in total. The number of amides is 2. The number of carbonyl (C=O) groups is 2. The zero-order valence-electron chi connectivity index (χ0n) is 25.9. The van der Waals surface area contributed by atoms with Crippen LogP contribution in [0, 0.1) is 12.8 Å². The number of hydrogen-bond donors (Lipinski definition) is 2. The van der Waals surface area contributed by atoms with Gasteiger partial charge in [-0.2, -0.15) is 0 Å². The summed E-state index contributed by atoms with van der Waals surface area (Å²) in [6, 6.07) is 18.2. The number of sulfonamides is 1. The first kappa shape index (κ1) is 31.3. The van der Waals surface area contributed by atoms with E-state index in [0.717, 1.165) is 60.8 Å². The highest BCUT2D eigenvalue weighted by Crippen LogP contribution is 2.37. The lowest BCUT2D eigenvalue weighted by Gasteiger charge is -2.22. The van der Waals surface area contributed by atoms with E-state index in [1.807, 2.05) is 6.07 Å². The van der Waals surface area contributed by atoms with E-state index >= 15 is 0 Å². The van der Waals surface area contributed by atoms with Crippen LogP contribution >= 0.6 is 0 Å². The fourth-order valence-electron chi connectivity index (χ4n) is 6.42. The van der Waals surface area contributed by atoms with Gasteiger partial charge in [-0.3, -0.25) is 9.59 Å². The Kier molecular flexibility index (Phi) is 9.44. The van der Waals surface area contributed by atoms with Crippen LogP contribution in [0.15, 0.2) is 71.8 Å². The van der Waals surface area contributed by atoms with Crippen LogP contribution in [0.4, 0.5) is 0 Å². The first-order valence-electron chi connectivity index (χ1n) is 15.4. The monoisotopic (exact) mass is 615 g/mol. The van der Waals surface area contributed by atoms with Gasteiger partial charge in [0.25, 0.3) is 15.9 Å². The second-order valence-corrected chi connectivity index (χ2v) is 13.3. The first-order valence-corrected chi connectivity index (χ1v) is 16.8. The molecule has 1 aliphatic rings. The van der Waals surface area contributed by atoms with Crippen LogP contribution in [0.3, 0.4) is 0 Å². The summed E-state index contributed by atoms with van der Waals surface area (Å²) >= 11 is 0. The van der Waals surface area contributed by atoms with Gasteiger partial charge in [0.2, 0.25) is 5.91 Å². The molecule has 2 atom stereocenters. The van der Waals surface area contributed by atoms with Crippen LogP contribution in [-0.4, -0.2) is 38.5 Å². The molecule has 0 aliphatic carbocycles. The zero-order chi connectivity index (χ0) is 31.4. The van der Waals surface area contributed by atoms with Gasteiger partial charge in [-0.25, -0.2) is 13.1 Å². The van der Waals surface area contributed by atoms with Gasteiger partial charge in [-0.1, -0.05) is 50.6 Å². The molecule has 1 saturated heterocycles. The minimum atomic E-state index is -4.04. The molecule has 2 unspecified atom stereocenters. The Labute approximate surface area is 259 Å². The van der Waals surface area contributed by atoms with Crippen LogP contribution in [0.25, 0.3) is 10.9 Å². The van der Waals surface area contributed by atoms with Crippen LogP contribution in [0.5, 0.6) is 5.75 Å². The van der Waals surface area contributed by atoms with Gasteiger partial charge >= 0.3 is 0 Å². The largest absolute Gasteiger partial charge is 0.496 e. The predicted octanol–water partition coefficient (Wildman–Crippen LogP) is 6.10. The Morgan fingerprint density at radius 2 is 1.86 bits per heavy atom. The minimum absolute atomic E-state index is 0.0121. The van der Waals surface area contributed by atoms with Crippen molar-refractivity contribution >= 4 is 32.7 Å². The molecule has 2 heterocycles. The van der Waals surface area contributed by atoms with Crippen molar-refractivity contribution in [1.82, 2.24) is 14.6 Å². The van der Waals surface area contributed by atoms with E-state index in [4.69, 9.17) is 4.74 Å². The fraction of sp³-hybridized carbons (Fsp3) is 0.371. The van der Waals surface area contributed by atoms with Crippen molar-refractivity contribution in [2.75, 3.05) is 13.7 Å². The number of ether oxygens (including phenoxy) is 1. The first-order chi connectivity index (χ1) is 21.2. The van der Waals surface area contributed by atoms with Crippen molar-refractivity contribution < 1.29 is 22.7 Å². The molecule has 1 aromatic heterocycles. The smallest absolute Gasteiger partial charge is 0.265 e. The number of fused-ring (bicyclic) bond motifs is 1. The maximum Gasteiger partial charge on any atom is 0.265 e. The molecule has 0 saturated carbocycles. The van der Waals surface area contributed by atoms with Gasteiger partial charge in [0.1, 0.15) is 5.75 Å². The van der Waals surface area contributed by atoms with Crippen molar-refractivity contribution in [1.29, 1.82) is 0 Å². The quantitative estimate of drug-likeness (QED) is 0.200. The maximum atomic E-state index is 13.0. The van der Waals surface area contributed by atoms with Gasteiger partial charge in [0.05, 0.1) is 12.0 Å². The number of rotatable bonds is 12. The topological polar surface area (TPSA) is 106 Å². The number of benzene rings is 3. The number of aryl methyl sites for hydroxylation is 2. The zero-order valence-corrected chi connectivity index (χ0v) is 26.7. The Hall–Kier alpha value is -4.11. The summed E-state index contributed by atoms with van der Waals surface area (Å²) < 4.78 is 36.0. The Morgan fingerprint density at radius 3 is 2.55 bits per heavy atom. The second-order valence-electron chi connectivity index (χ2n) is 11.6. The molecule has 232 valence electrons. The molecule has 3 aromatic carbocycles. The van der Waals surface area contributed by atoms with Gasteiger partial charge in [0, 0.05) is 48.1 Å². The predicted molar refractivity (Wildman–Crippen MR) is 173 cm³/mol. The molecule has 0 bridgehead atoms. The summed E-state index contributed by atoms with van der Waals surface area (Å²) in [5.41, 5.74) is 5.08. The molecule has 9 heteroatoms. The maximum absolute atomic E-state index is 13.0. The SMILES string of the molecule is CCCC(c1ccc2c(c1)c(Cc1ccc(C(=O)NS(=O)(=O)c3ccccc3C)cc1OC)cn2CCC)C1CCNC1=O. The van der Waals surface area contributed by atoms with E-state index in [0.29, 0.717) is 17.7 Å². The summed E-state index contributed by atoms with van der Waals surface area (Å²) in [5.74, 6) is 0.0811. The highest BCUT2D eigenvalue weighted by molar-refractivity contribution is 7.90. The molecule has 0 radical (unpaired) electrons. The van der Waals surface area contributed by atoms with E-state index in [-0.39, 0.29) is 28.2 Å². The number of nitrogens with one attached hydrogen (secondary N) is 2. The summed E-state index contributed by atoms with van der Waals surface area (Å²) in [6.45, 7) is 7.62. The van der Waals surface area contributed by atoms with Crippen molar-refractivity contribution in [2.45, 2.75) is 70.2 Å². The van der Waals surface area contributed by atoms with Crippen LogP contribution in [-0.2, 0) is 27.8 Å². The number of aromatic nitrogens is 1. The van der Waals surface area contributed by atoms with E-state index in [2.05, 4.69) is 52.8 Å². The summed E-state index contributed by atoms with van der Waals surface area (Å²) in [5, 5.41) is 4.15. The van der Waals surface area contributed by atoms with E-state index in [9.17, 15) is 18.0 Å². The number of carbonyl (C=O) groups excluding carboxylic acids is 2. The third-order valence-electron chi connectivity index (χ3n) is 8.60. The van der Waals surface area contributed by atoms with Gasteiger partial charge < -0.3 is 14.6 Å². The van der Waals surface area contributed by atoms with E-state index < -0.39 is 15.9 Å². The van der Waals surface area contributed by atoms with Gasteiger partial charge in [-0.15, -0.1) is 0 Å². The summed E-state index contributed by atoms with van der Waals surface area (Å²) in [7, 11) is -2.49. The summed E-state index contributed by atoms with van der Waals surface area (Å²) in [4.78, 5) is 25.7. The van der Waals surface area contributed by atoms with Gasteiger partial charge in [-0.05, 0) is 84.7 Å². The average molecular weight is 616 g/mol. The van der Waals surface area contributed by atoms with Crippen LogP contribution < -0.4 is 14.8 Å². The molecule has 44 heavy (non-hydrogen) atoms. The molecular formula is C35H41N3O5S. The third-order valence-corrected chi connectivity index (χ3v) is 10.1. The van der Waals surface area contributed by atoms with Gasteiger partial charge in [0.15, 0.2) is 0 Å². The average Bonchev–Trinajstić information content (AvgIpc) is 3.58. The fourth-order valence-corrected chi connectivity index (χ4v) is 7.65. The molecule has 1 fully saturated rings. The lowest BCUT2D eigenvalue weighted by Crippen LogP contribution is -2.31. The number of methoxy groups -OCH3 is 1. The molecule has 2 amide bonds. The van der Waals surface area contributed by atoms with Crippen molar-refractivity contribution in [3.8, 4) is 5.75 Å². The second kappa shape index (κ2) is 13.3. The van der Waals surface area contributed by atoms with Crippen molar-refractivity contribution in [3.05, 3.63) is 94.7 Å². The summed E-state index contributed by atoms with van der Waals surface area (Å²) in [6.07, 6.45) is 6.54. The molecule has 5 rings (SSSR count). The molecule has 1 aliphatic heterocycles. The van der Waals surface area contributed by atoms with Crippen LogP contribution in [0.1, 0.15) is 78.1 Å². The Balaban J connectivity index is 1.46. The van der Waals surface area contributed by atoms with E-state index in [1.165, 1.54) is 11.6 Å². The lowest BCUT2D eigenvalue weighted by molar-refractivity contribution is -0.123. The standard InChI is InChI=1S/C35H41N3O5S/c1-5-9-28(29-16-17-36-35(29)40)24-14-15-31-30(20-24)27(22-38(31)18-6-2)19-25-12-13-26(21-32(25)43-4)34(39)37-44(41,42)33-11-8-7-10-23(33)3/h7-8,10-15,20-22,28-29H,5-6,9,16-19H2,1-4H3,(H,36,40)(H,37,39). The number of hydrogen-bond acceptors (Lipinski definition) is 5. The third kappa shape index (κ3) is 6.38. The molecule has 0 spiro atoms. The highest BCUT2D eigenvalue weighted by atomic mass is 32.2. The molecular weight excluding hydrogens is 574 g/mol. The Bertz CT molecular complexity index is 1790. The lowest BCUT2D eigenvalue weighted by atomic mass is 9.81. The highest BCUT2D eigenvalue weighted by Gasteiger charge is 2.33. The number of nitrogens with zero attached hydrogens (tertiary/aromatic N) is 1. The normalized spacial score (nSPS) is 15.7.